The standard InChI is InChI=1S/C16H18FN3O/c1-4-11-9-13(20(3)19-11)15(18-2)14-8-10-6-5-7-12(17)16(10)21-14/h5-9,15,18H,4H2,1-3H3. The molecule has 0 fully saturated rings. The van der Waals surface area contributed by atoms with E-state index in [0.29, 0.717) is 11.3 Å². The number of halogens is 1. The topological polar surface area (TPSA) is 43.0 Å². The normalized spacial score (nSPS) is 13.0. The van der Waals surface area contributed by atoms with Gasteiger partial charge in [0.15, 0.2) is 11.4 Å². The van der Waals surface area contributed by atoms with Crippen LogP contribution in [-0.4, -0.2) is 16.8 Å². The van der Waals surface area contributed by atoms with Gasteiger partial charge in [-0.2, -0.15) is 5.10 Å². The van der Waals surface area contributed by atoms with Crippen molar-refractivity contribution >= 4 is 11.0 Å². The molecule has 2 aromatic heterocycles. The largest absolute Gasteiger partial charge is 0.456 e. The van der Waals surface area contributed by atoms with Crippen molar-refractivity contribution in [1.82, 2.24) is 15.1 Å². The van der Waals surface area contributed by atoms with Gasteiger partial charge in [-0.3, -0.25) is 4.68 Å². The lowest BCUT2D eigenvalue weighted by molar-refractivity contribution is 0.462. The fraction of sp³-hybridized carbons (Fsp3) is 0.312. The first kappa shape index (κ1) is 13.8. The van der Waals surface area contributed by atoms with E-state index >= 15 is 0 Å². The van der Waals surface area contributed by atoms with E-state index in [1.54, 1.807) is 6.07 Å². The quantitative estimate of drug-likeness (QED) is 0.801. The molecule has 1 N–H and O–H groups in total. The highest BCUT2D eigenvalue weighted by Gasteiger charge is 2.21. The second-order valence-corrected chi connectivity index (χ2v) is 5.07. The Balaban J connectivity index is 2.09. The number of aryl methyl sites for hydroxylation is 2. The SMILES string of the molecule is CCc1cc(C(NC)c2cc3cccc(F)c3o2)n(C)n1. The monoisotopic (exact) mass is 287 g/mol. The zero-order chi connectivity index (χ0) is 15.0. The first-order valence-electron chi connectivity index (χ1n) is 7.02. The van der Waals surface area contributed by atoms with Gasteiger partial charge in [0.25, 0.3) is 0 Å². The van der Waals surface area contributed by atoms with Crippen molar-refractivity contribution in [2.75, 3.05) is 7.05 Å². The summed E-state index contributed by atoms with van der Waals surface area (Å²) in [6.07, 6.45) is 0.874. The molecule has 0 aliphatic carbocycles. The average molecular weight is 287 g/mol. The Morgan fingerprint density at radius 1 is 1.38 bits per heavy atom. The molecule has 0 saturated carbocycles. The van der Waals surface area contributed by atoms with Crippen molar-refractivity contribution in [3.05, 3.63) is 53.3 Å². The van der Waals surface area contributed by atoms with Crippen LogP contribution >= 0.6 is 0 Å². The lowest BCUT2D eigenvalue weighted by atomic mass is 10.1. The molecule has 1 unspecified atom stereocenters. The second kappa shape index (κ2) is 5.33. The molecular weight excluding hydrogens is 269 g/mol. The summed E-state index contributed by atoms with van der Waals surface area (Å²) in [4.78, 5) is 0. The van der Waals surface area contributed by atoms with Gasteiger partial charge in [-0.1, -0.05) is 19.1 Å². The fourth-order valence-corrected chi connectivity index (χ4v) is 2.61. The molecule has 110 valence electrons. The van der Waals surface area contributed by atoms with E-state index in [9.17, 15) is 4.39 Å². The first-order valence-corrected chi connectivity index (χ1v) is 7.02. The van der Waals surface area contributed by atoms with E-state index in [2.05, 4.69) is 17.3 Å². The van der Waals surface area contributed by atoms with Crippen molar-refractivity contribution in [2.45, 2.75) is 19.4 Å². The third-order valence-corrected chi connectivity index (χ3v) is 3.71. The number of fused-ring (bicyclic) bond motifs is 1. The second-order valence-electron chi connectivity index (χ2n) is 5.07. The molecule has 0 aliphatic rings. The Bertz CT molecular complexity index is 775. The number of aromatic nitrogens is 2. The van der Waals surface area contributed by atoms with Crippen molar-refractivity contribution in [3.8, 4) is 0 Å². The molecule has 0 amide bonds. The summed E-state index contributed by atoms with van der Waals surface area (Å²) in [6.45, 7) is 2.07. The lowest BCUT2D eigenvalue weighted by Gasteiger charge is -2.13. The zero-order valence-electron chi connectivity index (χ0n) is 12.4. The number of para-hydroxylation sites is 1. The molecule has 3 aromatic rings. The molecule has 0 spiro atoms. The summed E-state index contributed by atoms with van der Waals surface area (Å²) < 4.78 is 21.3. The van der Waals surface area contributed by atoms with Gasteiger partial charge in [-0.25, -0.2) is 4.39 Å². The summed E-state index contributed by atoms with van der Waals surface area (Å²) in [6, 6.07) is 8.70. The van der Waals surface area contributed by atoms with Crippen LogP contribution in [0.15, 0.2) is 34.7 Å². The van der Waals surface area contributed by atoms with E-state index in [-0.39, 0.29) is 11.9 Å². The van der Waals surface area contributed by atoms with E-state index in [1.165, 1.54) is 6.07 Å². The third kappa shape index (κ3) is 2.34. The molecule has 0 aliphatic heterocycles. The molecule has 0 bridgehead atoms. The summed E-state index contributed by atoms with van der Waals surface area (Å²) in [5.74, 6) is 0.344. The van der Waals surface area contributed by atoms with Crippen molar-refractivity contribution in [3.63, 3.8) is 0 Å². The number of furan rings is 1. The van der Waals surface area contributed by atoms with Gasteiger partial charge in [-0.15, -0.1) is 0 Å². The lowest BCUT2D eigenvalue weighted by Crippen LogP contribution is -2.20. The highest BCUT2D eigenvalue weighted by Crippen LogP contribution is 2.29. The Morgan fingerprint density at radius 3 is 2.81 bits per heavy atom. The van der Waals surface area contributed by atoms with Crippen LogP contribution in [0.1, 0.15) is 30.1 Å². The average Bonchev–Trinajstić information content (AvgIpc) is 3.05. The van der Waals surface area contributed by atoms with Gasteiger partial charge in [-0.05, 0) is 31.7 Å². The van der Waals surface area contributed by atoms with Gasteiger partial charge in [0.05, 0.1) is 11.4 Å². The van der Waals surface area contributed by atoms with Crippen LogP contribution in [0.3, 0.4) is 0 Å². The summed E-state index contributed by atoms with van der Waals surface area (Å²) in [5, 5.41) is 8.44. The van der Waals surface area contributed by atoms with Crippen LogP contribution in [0.5, 0.6) is 0 Å². The molecule has 5 heteroatoms. The minimum Gasteiger partial charge on any atom is -0.456 e. The number of nitrogens with one attached hydrogen (secondary N) is 1. The molecule has 2 heterocycles. The molecule has 3 rings (SSSR count). The van der Waals surface area contributed by atoms with Gasteiger partial charge < -0.3 is 9.73 Å². The third-order valence-electron chi connectivity index (χ3n) is 3.71. The van der Waals surface area contributed by atoms with E-state index in [1.807, 2.05) is 37.0 Å². The minimum absolute atomic E-state index is 0.158. The summed E-state index contributed by atoms with van der Waals surface area (Å²) in [7, 11) is 3.76. The maximum atomic E-state index is 13.8. The molecule has 4 nitrogen and oxygen atoms in total. The number of benzene rings is 1. The van der Waals surface area contributed by atoms with Crippen LogP contribution < -0.4 is 5.32 Å². The van der Waals surface area contributed by atoms with Crippen LogP contribution in [0.4, 0.5) is 4.39 Å². The Labute approximate surface area is 122 Å². The maximum Gasteiger partial charge on any atom is 0.169 e. The van der Waals surface area contributed by atoms with Crippen LogP contribution in [0.25, 0.3) is 11.0 Å². The predicted molar refractivity (Wildman–Crippen MR) is 79.7 cm³/mol. The maximum absolute atomic E-state index is 13.8. The van der Waals surface area contributed by atoms with E-state index < -0.39 is 0 Å². The molecule has 21 heavy (non-hydrogen) atoms. The highest BCUT2D eigenvalue weighted by molar-refractivity contribution is 5.78. The van der Waals surface area contributed by atoms with Crippen molar-refractivity contribution in [1.29, 1.82) is 0 Å². The minimum atomic E-state index is -0.340. The van der Waals surface area contributed by atoms with Crippen molar-refractivity contribution < 1.29 is 8.81 Å². The van der Waals surface area contributed by atoms with Gasteiger partial charge >= 0.3 is 0 Å². The Kier molecular flexibility index (Phi) is 3.51. The van der Waals surface area contributed by atoms with Crippen LogP contribution in [0.2, 0.25) is 0 Å². The van der Waals surface area contributed by atoms with Gasteiger partial charge in [0.2, 0.25) is 0 Å². The summed E-state index contributed by atoms with van der Waals surface area (Å²) >= 11 is 0. The number of hydrogen-bond donors (Lipinski definition) is 1. The number of rotatable bonds is 4. The van der Waals surface area contributed by atoms with E-state index in [4.69, 9.17) is 4.42 Å². The molecule has 0 radical (unpaired) electrons. The molecule has 0 saturated heterocycles. The fourth-order valence-electron chi connectivity index (χ4n) is 2.61. The molecule has 1 aromatic carbocycles. The molecule has 1 atom stereocenters. The van der Waals surface area contributed by atoms with Gasteiger partial charge in [0.1, 0.15) is 11.8 Å². The first-order chi connectivity index (χ1) is 10.1. The van der Waals surface area contributed by atoms with Gasteiger partial charge in [0, 0.05) is 12.4 Å². The zero-order valence-corrected chi connectivity index (χ0v) is 12.4. The number of hydrogen-bond acceptors (Lipinski definition) is 3. The summed E-state index contributed by atoms with van der Waals surface area (Å²) in [5.41, 5.74) is 2.31. The Morgan fingerprint density at radius 2 is 2.19 bits per heavy atom. The van der Waals surface area contributed by atoms with Crippen molar-refractivity contribution in [2.24, 2.45) is 7.05 Å². The predicted octanol–water partition coefficient (Wildman–Crippen LogP) is 3.18. The van der Waals surface area contributed by atoms with E-state index in [0.717, 1.165) is 23.2 Å². The highest BCUT2D eigenvalue weighted by atomic mass is 19.1. The molecular formula is C16H18FN3O. The number of nitrogens with zero attached hydrogens (tertiary/aromatic N) is 2. The van der Waals surface area contributed by atoms with Crippen LogP contribution in [-0.2, 0) is 13.5 Å². The smallest absolute Gasteiger partial charge is 0.169 e. The Hall–Kier alpha value is -2.14. The van der Waals surface area contributed by atoms with Crippen LogP contribution in [0, 0.1) is 5.82 Å².